The Hall–Kier alpha value is -2.56. The maximum Gasteiger partial charge on any atom is 0.242 e. The van der Waals surface area contributed by atoms with Crippen molar-refractivity contribution in [1.29, 1.82) is 0 Å². The first-order chi connectivity index (χ1) is 16.5. The van der Waals surface area contributed by atoms with Gasteiger partial charge in [-0.3, -0.25) is 9.59 Å². The predicted molar refractivity (Wildman–Crippen MR) is 138 cm³/mol. The standard InChI is InChI=1S/C29H43N3O2/c1-4-5-12-19-31(29(34)24(2)3)23-28(33)32(26-16-10-7-11-17-26)22-27-18-13-20-30(27)21-25-14-8-6-9-15-25/h6,8-9,13-15,18,20,24,26H,4-5,7,10-12,16-17,19,21-23H2,1-3H3. The summed E-state index contributed by atoms with van der Waals surface area (Å²) in [4.78, 5) is 30.5. The smallest absolute Gasteiger partial charge is 0.242 e. The lowest BCUT2D eigenvalue weighted by Crippen LogP contribution is -2.48. The lowest BCUT2D eigenvalue weighted by atomic mass is 9.94. The quantitative estimate of drug-likeness (QED) is 0.368. The van der Waals surface area contributed by atoms with Crippen molar-refractivity contribution in [3.05, 3.63) is 59.9 Å². The van der Waals surface area contributed by atoms with Crippen LogP contribution in [0.4, 0.5) is 0 Å². The second-order valence-corrected chi connectivity index (χ2v) is 10.0. The van der Waals surface area contributed by atoms with Gasteiger partial charge in [-0.1, -0.05) is 83.2 Å². The van der Waals surface area contributed by atoms with Gasteiger partial charge in [0, 0.05) is 36.9 Å². The number of unbranched alkanes of at least 4 members (excludes halogenated alkanes) is 2. The summed E-state index contributed by atoms with van der Waals surface area (Å²) in [6.07, 6.45) is 10.9. The number of hydrogen-bond donors (Lipinski definition) is 0. The van der Waals surface area contributed by atoms with Crippen molar-refractivity contribution in [2.24, 2.45) is 5.92 Å². The third-order valence-corrected chi connectivity index (χ3v) is 6.95. The summed E-state index contributed by atoms with van der Waals surface area (Å²) in [7, 11) is 0. The van der Waals surface area contributed by atoms with E-state index in [1.54, 1.807) is 0 Å². The molecule has 0 aliphatic heterocycles. The Morgan fingerprint density at radius 1 is 1.00 bits per heavy atom. The zero-order valence-corrected chi connectivity index (χ0v) is 21.4. The number of carbonyl (C=O) groups is 2. The molecule has 34 heavy (non-hydrogen) atoms. The van der Waals surface area contributed by atoms with Crippen LogP contribution in [0, 0.1) is 5.92 Å². The van der Waals surface area contributed by atoms with E-state index in [1.807, 2.05) is 24.8 Å². The van der Waals surface area contributed by atoms with Crippen LogP contribution in [0.2, 0.25) is 0 Å². The second-order valence-electron chi connectivity index (χ2n) is 10.0. The van der Waals surface area contributed by atoms with Gasteiger partial charge in [0.1, 0.15) is 0 Å². The number of benzene rings is 1. The molecule has 5 heteroatoms. The molecule has 0 radical (unpaired) electrons. The summed E-state index contributed by atoms with van der Waals surface area (Å²) < 4.78 is 2.25. The highest BCUT2D eigenvalue weighted by Gasteiger charge is 2.29. The number of carbonyl (C=O) groups excluding carboxylic acids is 2. The van der Waals surface area contributed by atoms with Crippen molar-refractivity contribution in [2.45, 2.75) is 91.3 Å². The SMILES string of the molecule is CCCCCN(CC(=O)N(Cc1cccn1Cc1ccccc1)C1CCCCC1)C(=O)C(C)C. The second kappa shape index (κ2) is 13.4. The van der Waals surface area contributed by atoms with Crippen LogP contribution in [0.25, 0.3) is 0 Å². The maximum absolute atomic E-state index is 13.7. The van der Waals surface area contributed by atoms with E-state index in [1.165, 1.54) is 24.8 Å². The highest BCUT2D eigenvalue weighted by atomic mass is 16.2. The highest BCUT2D eigenvalue weighted by molar-refractivity contribution is 5.85. The number of amides is 2. The maximum atomic E-state index is 13.7. The molecule has 1 fully saturated rings. The van der Waals surface area contributed by atoms with Gasteiger partial charge in [0.2, 0.25) is 11.8 Å². The zero-order chi connectivity index (χ0) is 24.3. The van der Waals surface area contributed by atoms with Crippen molar-refractivity contribution in [2.75, 3.05) is 13.1 Å². The van der Waals surface area contributed by atoms with Crippen molar-refractivity contribution in [3.8, 4) is 0 Å². The van der Waals surface area contributed by atoms with Gasteiger partial charge in [0.15, 0.2) is 0 Å². The minimum Gasteiger partial charge on any atom is -0.345 e. The summed E-state index contributed by atoms with van der Waals surface area (Å²) in [6.45, 7) is 8.27. The van der Waals surface area contributed by atoms with Crippen LogP contribution in [0.1, 0.15) is 83.4 Å². The topological polar surface area (TPSA) is 45.6 Å². The molecule has 2 aromatic rings. The molecule has 1 heterocycles. The largest absolute Gasteiger partial charge is 0.345 e. The third kappa shape index (κ3) is 7.48. The highest BCUT2D eigenvalue weighted by Crippen LogP contribution is 2.25. The van der Waals surface area contributed by atoms with E-state index in [2.05, 4.69) is 59.0 Å². The molecule has 0 saturated heterocycles. The summed E-state index contributed by atoms with van der Waals surface area (Å²) in [5, 5.41) is 0. The van der Waals surface area contributed by atoms with E-state index < -0.39 is 0 Å². The summed E-state index contributed by atoms with van der Waals surface area (Å²) in [6, 6.07) is 14.9. The van der Waals surface area contributed by atoms with E-state index in [0.29, 0.717) is 13.1 Å². The lowest BCUT2D eigenvalue weighted by Gasteiger charge is -2.36. The molecular formula is C29H43N3O2. The number of hydrogen-bond acceptors (Lipinski definition) is 2. The molecule has 1 aromatic heterocycles. The monoisotopic (exact) mass is 465 g/mol. The number of aromatic nitrogens is 1. The van der Waals surface area contributed by atoms with E-state index in [9.17, 15) is 9.59 Å². The Labute approximate surface area is 206 Å². The van der Waals surface area contributed by atoms with Crippen LogP contribution < -0.4 is 0 Å². The first kappa shape index (κ1) is 26.1. The van der Waals surface area contributed by atoms with Crippen LogP contribution in [-0.4, -0.2) is 45.3 Å². The van der Waals surface area contributed by atoms with Gasteiger partial charge in [0.25, 0.3) is 0 Å². The first-order valence-electron chi connectivity index (χ1n) is 13.3. The molecule has 0 unspecified atom stereocenters. The van der Waals surface area contributed by atoms with Crippen LogP contribution in [0.15, 0.2) is 48.7 Å². The third-order valence-electron chi connectivity index (χ3n) is 6.95. The first-order valence-corrected chi connectivity index (χ1v) is 13.3. The molecule has 1 aromatic carbocycles. The fourth-order valence-electron chi connectivity index (χ4n) is 4.95. The van der Waals surface area contributed by atoms with Crippen LogP contribution in [0.3, 0.4) is 0 Å². The summed E-state index contributed by atoms with van der Waals surface area (Å²) in [5.41, 5.74) is 2.40. The van der Waals surface area contributed by atoms with Crippen molar-refractivity contribution in [3.63, 3.8) is 0 Å². The predicted octanol–water partition coefficient (Wildman–Crippen LogP) is 5.87. The molecule has 1 aliphatic carbocycles. The lowest BCUT2D eigenvalue weighted by molar-refractivity contribution is -0.144. The van der Waals surface area contributed by atoms with E-state index >= 15 is 0 Å². The van der Waals surface area contributed by atoms with Gasteiger partial charge >= 0.3 is 0 Å². The molecule has 0 bridgehead atoms. The molecule has 0 atom stereocenters. The van der Waals surface area contributed by atoms with Gasteiger partial charge in [-0.15, -0.1) is 0 Å². The molecule has 0 N–H and O–H groups in total. The van der Waals surface area contributed by atoms with E-state index in [-0.39, 0.29) is 30.3 Å². The van der Waals surface area contributed by atoms with Gasteiger partial charge < -0.3 is 14.4 Å². The van der Waals surface area contributed by atoms with Crippen molar-refractivity contribution < 1.29 is 9.59 Å². The van der Waals surface area contributed by atoms with Crippen LogP contribution >= 0.6 is 0 Å². The fourth-order valence-corrected chi connectivity index (χ4v) is 4.95. The Morgan fingerprint density at radius 3 is 2.41 bits per heavy atom. The molecule has 5 nitrogen and oxygen atoms in total. The molecule has 3 rings (SSSR count). The number of rotatable bonds is 12. The Kier molecular flexibility index (Phi) is 10.2. The normalized spacial score (nSPS) is 14.4. The molecular weight excluding hydrogens is 422 g/mol. The fraction of sp³-hybridized carbons (Fsp3) is 0.586. The van der Waals surface area contributed by atoms with Crippen LogP contribution in [-0.2, 0) is 22.7 Å². The Bertz CT molecular complexity index is 884. The average Bonchev–Trinajstić information content (AvgIpc) is 3.29. The van der Waals surface area contributed by atoms with Gasteiger partial charge in [-0.05, 0) is 37.0 Å². The van der Waals surface area contributed by atoms with Crippen molar-refractivity contribution in [1.82, 2.24) is 14.4 Å². The molecule has 1 aliphatic rings. The molecule has 186 valence electrons. The van der Waals surface area contributed by atoms with Crippen molar-refractivity contribution >= 4 is 11.8 Å². The molecule has 0 spiro atoms. The average molecular weight is 466 g/mol. The molecule has 1 saturated carbocycles. The van der Waals surface area contributed by atoms with Gasteiger partial charge in [0.05, 0.1) is 13.1 Å². The minimum atomic E-state index is -0.0966. The summed E-state index contributed by atoms with van der Waals surface area (Å²) >= 11 is 0. The number of nitrogens with zero attached hydrogens (tertiary/aromatic N) is 3. The van der Waals surface area contributed by atoms with E-state index in [4.69, 9.17) is 0 Å². The Morgan fingerprint density at radius 2 is 1.74 bits per heavy atom. The zero-order valence-electron chi connectivity index (χ0n) is 21.4. The summed E-state index contributed by atoms with van der Waals surface area (Å²) in [5.74, 6) is 0.0750. The van der Waals surface area contributed by atoms with Crippen LogP contribution in [0.5, 0.6) is 0 Å². The molecule has 2 amide bonds. The minimum absolute atomic E-state index is 0.0838. The van der Waals surface area contributed by atoms with E-state index in [0.717, 1.165) is 44.3 Å². The Balaban J connectivity index is 1.77. The van der Waals surface area contributed by atoms with Gasteiger partial charge in [-0.25, -0.2) is 0 Å². The van der Waals surface area contributed by atoms with Gasteiger partial charge in [-0.2, -0.15) is 0 Å².